The number of aromatic amines is 1. The molecule has 1 aromatic carbocycles. The maximum absolute atomic E-state index is 12.8. The van der Waals surface area contributed by atoms with Gasteiger partial charge in [-0.2, -0.15) is 0 Å². The minimum absolute atomic E-state index is 0.0474. The fraction of sp³-hybridized carbons (Fsp3) is 0.500. The van der Waals surface area contributed by atoms with Crippen molar-refractivity contribution in [3.05, 3.63) is 24.3 Å². The van der Waals surface area contributed by atoms with E-state index < -0.39 is 5.60 Å². The van der Waals surface area contributed by atoms with Crippen molar-refractivity contribution < 1.29 is 14.3 Å². The zero-order valence-electron chi connectivity index (χ0n) is 14.2. The highest BCUT2D eigenvalue weighted by molar-refractivity contribution is 7.99. The number of fused-ring (bicyclic) bond motifs is 1. The van der Waals surface area contributed by atoms with E-state index in [2.05, 4.69) is 23.8 Å². The minimum Gasteiger partial charge on any atom is -0.451 e. The Labute approximate surface area is 145 Å². The Balaban J connectivity index is 1.69. The summed E-state index contributed by atoms with van der Waals surface area (Å²) in [5, 5.41) is 0.706. The number of rotatable bonds is 6. The number of carbonyl (C=O) groups excluding carboxylic acids is 2. The molecule has 3 rings (SSSR count). The smallest absolute Gasteiger partial charge is 0.307 e. The first kappa shape index (κ1) is 17.0. The Bertz CT molecular complexity index is 737. The fourth-order valence-electron chi connectivity index (χ4n) is 3.19. The number of hydrogen-bond acceptors (Lipinski definition) is 5. The number of imidazole rings is 1. The van der Waals surface area contributed by atoms with Crippen LogP contribution in [0, 0.1) is 11.8 Å². The molecule has 1 aliphatic heterocycles. The molecule has 1 saturated heterocycles. The number of thioether (sulfide) groups is 1. The summed E-state index contributed by atoms with van der Waals surface area (Å²) in [4.78, 5) is 32.2. The highest BCUT2D eigenvalue weighted by Crippen LogP contribution is 2.39. The van der Waals surface area contributed by atoms with Crippen LogP contribution in [0.2, 0.25) is 0 Å². The third-order valence-corrected chi connectivity index (χ3v) is 5.41. The summed E-state index contributed by atoms with van der Waals surface area (Å²) in [5.41, 5.74) is 0.813. The number of carbonyl (C=O) groups is 2. The zero-order chi connectivity index (χ0) is 17.3. The second-order valence-electron chi connectivity index (χ2n) is 6.88. The van der Waals surface area contributed by atoms with E-state index in [-0.39, 0.29) is 23.4 Å². The third kappa shape index (κ3) is 3.34. The SMILES string of the molecule is CC(C)C[C@@H]1CC(=O)O[C@]1(C)C(=O)CSc1nc2ccccc2[nH]1. The number of aromatic nitrogens is 2. The molecule has 2 heterocycles. The standard InChI is InChI=1S/C18H22N2O3S/c1-11(2)8-12-9-16(22)23-18(12,3)15(21)10-24-17-19-13-6-4-5-7-14(13)20-17/h4-7,11-12H,8-10H2,1-3H3,(H,19,20)/t12-,18+/m1/s1. The first-order chi connectivity index (χ1) is 11.4. The van der Waals surface area contributed by atoms with Crippen LogP contribution in [-0.2, 0) is 14.3 Å². The molecule has 1 fully saturated rings. The Morgan fingerprint density at radius 1 is 1.46 bits per heavy atom. The summed E-state index contributed by atoms with van der Waals surface area (Å²) in [6.45, 7) is 5.94. The van der Waals surface area contributed by atoms with Gasteiger partial charge in [-0.1, -0.05) is 37.7 Å². The summed E-state index contributed by atoms with van der Waals surface area (Å²) in [6, 6.07) is 7.75. The summed E-state index contributed by atoms with van der Waals surface area (Å²) < 4.78 is 5.44. The van der Waals surface area contributed by atoms with E-state index in [0.717, 1.165) is 17.5 Å². The van der Waals surface area contributed by atoms with Gasteiger partial charge in [0.05, 0.1) is 23.2 Å². The maximum atomic E-state index is 12.8. The Kier molecular flexibility index (Phi) is 4.67. The summed E-state index contributed by atoms with van der Waals surface area (Å²) in [6.07, 6.45) is 1.14. The molecular weight excluding hydrogens is 324 g/mol. The molecule has 2 atom stereocenters. The lowest BCUT2D eigenvalue weighted by Crippen LogP contribution is -2.42. The van der Waals surface area contributed by atoms with Crippen molar-refractivity contribution in [2.24, 2.45) is 11.8 Å². The van der Waals surface area contributed by atoms with Crippen molar-refractivity contribution in [2.45, 2.75) is 44.4 Å². The van der Waals surface area contributed by atoms with E-state index in [1.54, 1.807) is 6.92 Å². The monoisotopic (exact) mass is 346 g/mol. The molecule has 0 amide bonds. The number of ether oxygens (including phenoxy) is 1. The molecule has 1 N–H and O–H groups in total. The van der Waals surface area contributed by atoms with Crippen molar-refractivity contribution >= 4 is 34.5 Å². The average Bonchev–Trinajstić information content (AvgIpc) is 3.05. The average molecular weight is 346 g/mol. The van der Waals surface area contributed by atoms with Gasteiger partial charge in [-0.05, 0) is 31.4 Å². The molecule has 6 heteroatoms. The van der Waals surface area contributed by atoms with Crippen LogP contribution in [0.15, 0.2) is 29.4 Å². The first-order valence-electron chi connectivity index (χ1n) is 8.21. The normalized spacial score (nSPS) is 23.8. The number of cyclic esters (lactones) is 1. The molecule has 24 heavy (non-hydrogen) atoms. The van der Waals surface area contributed by atoms with Crippen molar-refractivity contribution in [3.63, 3.8) is 0 Å². The zero-order valence-corrected chi connectivity index (χ0v) is 15.0. The lowest BCUT2D eigenvalue weighted by Gasteiger charge is -2.28. The van der Waals surface area contributed by atoms with E-state index in [1.807, 2.05) is 24.3 Å². The van der Waals surface area contributed by atoms with Gasteiger partial charge in [-0.15, -0.1) is 0 Å². The molecule has 128 valence electrons. The number of nitrogens with one attached hydrogen (secondary N) is 1. The molecule has 0 bridgehead atoms. The van der Waals surface area contributed by atoms with Gasteiger partial charge < -0.3 is 9.72 Å². The molecule has 1 aromatic heterocycles. The second kappa shape index (κ2) is 6.59. The van der Waals surface area contributed by atoms with E-state index in [1.165, 1.54) is 11.8 Å². The second-order valence-corrected chi connectivity index (χ2v) is 7.85. The van der Waals surface area contributed by atoms with E-state index >= 15 is 0 Å². The Hall–Kier alpha value is -1.82. The third-order valence-electron chi connectivity index (χ3n) is 4.54. The number of nitrogens with zero attached hydrogens (tertiary/aromatic N) is 1. The molecule has 2 aromatic rings. The van der Waals surface area contributed by atoms with Crippen molar-refractivity contribution in [2.75, 3.05) is 5.75 Å². The van der Waals surface area contributed by atoms with Crippen LogP contribution in [0.1, 0.15) is 33.6 Å². The van der Waals surface area contributed by atoms with Crippen molar-refractivity contribution in [1.29, 1.82) is 0 Å². The number of esters is 1. The van der Waals surface area contributed by atoms with Crippen LogP contribution < -0.4 is 0 Å². The fourth-order valence-corrected chi connectivity index (χ4v) is 4.09. The predicted octanol–water partition coefficient (Wildman–Crippen LogP) is 3.59. The van der Waals surface area contributed by atoms with E-state index in [9.17, 15) is 9.59 Å². The van der Waals surface area contributed by atoms with Gasteiger partial charge in [-0.3, -0.25) is 9.59 Å². The summed E-state index contributed by atoms with van der Waals surface area (Å²) in [7, 11) is 0. The van der Waals surface area contributed by atoms with Gasteiger partial charge in [0.2, 0.25) is 0 Å². The molecule has 0 unspecified atom stereocenters. The quantitative estimate of drug-likeness (QED) is 0.639. The van der Waals surface area contributed by atoms with Gasteiger partial charge in [0.25, 0.3) is 0 Å². The number of H-pyrrole nitrogens is 1. The summed E-state index contributed by atoms with van der Waals surface area (Å²) >= 11 is 1.35. The molecule has 0 spiro atoms. The lowest BCUT2D eigenvalue weighted by molar-refractivity contribution is -0.156. The number of hydrogen-bond donors (Lipinski definition) is 1. The van der Waals surface area contributed by atoms with Gasteiger partial charge in [0.1, 0.15) is 0 Å². The molecule has 0 saturated carbocycles. The van der Waals surface area contributed by atoms with Gasteiger partial charge >= 0.3 is 5.97 Å². The van der Waals surface area contributed by atoms with Crippen LogP contribution in [0.5, 0.6) is 0 Å². The van der Waals surface area contributed by atoms with Gasteiger partial charge in [-0.25, -0.2) is 4.98 Å². The topological polar surface area (TPSA) is 72.1 Å². The van der Waals surface area contributed by atoms with Crippen LogP contribution in [0.4, 0.5) is 0 Å². The largest absolute Gasteiger partial charge is 0.451 e. The molecule has 0 radical (unpaired) electrons. The van der Waals surface area contributed by atoms with Crippen LogP contribution in [-0.4, -0.2) is 33.1 Å². The number of ketones is 1. The Morgan fingerprint density at radius 3 is 2.92 bits per heavy atom. The van der Waals surface area contributed by atoms with E-state index in [4.69, 9.17) is 4.74 Å². The van der Waals surface area contributed by atoms with Gasteiger partial charge in [0, 0.05) is 5.92 Å². The maximum Gasteiger partial charge on any atom is 0.307 e. The molecule has 0 aliphatic carbocycles. The molecule has 5 nitrogen and oxygen atoms in total. The minimum atomic E-state index is -1.01. The number of benzene rings is 1. The number of Topliss-reactive ketones (excluding diaryl/α,β-unsaturated/α-hetero) is 1. The van der Waals surface area contributed by atoms with Crippen LogP contribution in [0.3, 0.4) is 0 Å². The number of para-hydroxylation sites is 2. The Morgan fingerprint density at radius 2 is 2.21 bits per heavy atom. The lowest BCUT2D eigenvalue weighted by atomic mass is 9.80. The summed E-state index contributed by atoms with van der Waals surface area (Å²) in [5.74, 6) is 0.279. The van der Waals surface area contributed by atoms with Crippen molar-refractivity contribution in [3.8, 4) is 0 Å². The van der Waals surface area contributed by atoms with Crippen molar-refractivity contribution in [1.82, 2.24) is 9.97 Å². The predicted molar refractivity (Wildman–Crippen MR) is 93.9 cm³/mol. The highest BCUT2D eigenvalue weighted by Gasteiger charge is 2.50. The highest BCUT2D eigenvalue weighted by atomic mass is 32.2. The van der Waals surface area contributed by atoms with Gasteiger partial charge in [0.15, 0.2) is 16.5 Å². The van der Waals surface area contributed by atoms with Crippen LogP contribution >= 0.6 is 11.8 Å². The molecule has 1 aliphatic rings. The molecular formula is C18H22N2O3S. The van der Waals surface area contributed by atoms with E-state index in [0.29, 0.717) is 17.5 Å². The van der Waals surface area contributed by atoms with Crippen LogP contribution in [0.25, 0.3) is 11.0 Å². The first-order valence-corrected chi connectivity index (χ1v) is 9.19.